The molecular formula is C7H6BrCl2NO2S. The predicted molar refractivity (Wildman–Crippen MR) is 62.8 cm³/mol. The number of hydrogen-bond acceptors (Lipinski definition) is 2. The van der Waals surface area contributed by atoms with Crippen LogP contribution in [0.3, 0.4) is 0 Å². The Balaban J connectivity index is 2.99. The SMILES string of the molecule is O=S(=O)(CBr)Nc1ccc(Cl)cc1Cl. The summed E-state index contributed by atoms with van der Waals surface area (Å²) >= 11 is 14.3. The summed E-state index contributed by atoms with van der Waals surface area (Å²) in [5, 5.41) is 0.721. The molecule has 78 valence electrons. The van der Waals surface area contributed by atoms with Crippen LogP contribution in [0.4, 0.5) is 5.69 Å². The molecule has 3 nitrogen and oxygen atoms in total. The van der Waals surface area contributed by atoms with Gasteiger partial charge in [-0.2, -0.15) is 0 Å². The molecule has 0 radical (unpaired) electrons. The third-order valence-corrected chi connectivity index (χ3v) is 4.51. The Hall–Kier alpha value is 0.0300. The first-order valence-electron chi connectivity index (χ1n) is 3.46. The molecule has 0 aliphatic heterocycles. The van der Waals surface area contributed by atoms with Crippen molar-refractivity contribution in [1.29, 1.82) is 0 Å². The summed E-state index contributed by atoms with van der Waals surface area (Å²) in [5.74, 6) is 0. The van der Waals surface area contributed by atoms with Gasteiger partial charge in [-0.25, -0.2) is 8.42 Å². The lowest BCUT2D eigenvalue weighted by Crippen LogP contribution is -2.13. The van der Waals surface area contributed by atoms with Crippen molar-refractivity contribution in [2.75, 3.05) is 9.38 Å². The van der Waals surface area contributed by atoms with Gasteiger partial charge < -0.3 is 0 Å². The molecule has 0 bridgehead atoms. The molecular weight excluding hydrogens is 313 g/mol. The van der Waals surface area contributed by atoms with Crippen LogP contribution < -0.4 is 4.72 Å². The maximum absolute atomic E-state index is 11.2. The quantitative estimate of drug-likeness (QED) is 0.870. The van der Waals surface area contributed by atoms with Crippen LogP contribution in [0.1, 0.15) is 0 Å². The summed E-state index contributed by atoms with van der Waals surface area (Å²) in [4.78, 5) is 0. The summed E-state index contributed by atoms with van der Waals surface area (Å²) in [6.45, 7) is 0. The molecule has 0 spiro atoms. The summed E-state index contributed by atoms with van der Waals surface area (Å²) in [5.41, 5.74) is 0.315. The highest BCUT2D eigenvalue weighted by Crippen LogP contribution is 2.26. The van der Waals surface area contributed by atoms with Crippen LogP contribution in [0.25, 0.3) is 0 Å². The molecule has 0 unspecified atom stereocenters. The van der Waals surface area contributed by atoms with E-state index in [9.17, 15) is 8.42 Å². The number of benzene rings is 1. The molecule has 0 atom stereocenters. The van der Waals surface area contributed by atoms with Crippen LogP contribution in [0, 0.1) is 0 Å². The van der Waals surface area contributed by atoms with Gasteiger partial charge in [0.05, 0.1) is 10.7 Å². The van der Waals surface area contributed by atoms with Gasteiger partial charge in [0.25, 0.3) is 0 Å². The van der Waals surface area contributed by atoms with Crippen molar-refractivity contribution in [2.45, 2.75) is 0 Å². The lowest BCUT2D eigenvalue weighted by Gasteiger charge is -2.07. The largest absolute Gasteiger partial charge is 0.281 e. The lowest BCUT2D eigenvalue weighted by atomic mass is 10.3. The maximum atomic E-state index is 11.2. The number of sulfonamides is 1. The Kier molecular flexibility index (Phi) is 4.06. The second-order valence-electron chi connectivity index (χ2n) is 2.45. The minimum absolute atomic E-state index is 0.182. The van der Waals surface area contributed by atoms with Gasteiger partial charge in [0.15, 0.2) is 0 Å². The van der Waals surface area contributed by atoms with Gasteiger partial charge in [-0.15, -0.1) is 0 Å². The molecule has 0 amide bonds. The standard InChI is InChI=1S/C7H6BrCl2NO2S/c8-4-14(12,13)11-7-2-1-5(9)3-6(7)10/h1-3,11H,4H2. The molecule has 1 N–H and O–H groups in total. The molecule has 0 aromatic heterocycles. The Morgan fingerprint density at radius 2 is 2.00 bits per heavy atom. The molecule has 0 fully saturated rings. The zero-order valence-corrected chi connectivity index (χ0v) is 10.7. The van der Waals surface area contributed by atoms with E-state index >= 15 is 0 Å². The van der Waals surface area contributed by atoms with Crippen LogP contribution in [0.15, 0.2) is 18.2 Å². The third-order valence-electron chi connectivity index (χ3n) is 1.34. The van der Waals surface area contributed by atoms with Gasteiger partial charge in [-0.05, 0) is 18.2 Å². The van der Waals surface area contributed by atoms with E-state index in [2.05, 4.69) is 20.7 Å². The van der Waals surface area contributed by atoms with Crippen molar-refractivity contribution in [1.82, 2.24) is 0 Å². The van der Waals surface area contributed by atoms with E-state index in [0.29, 0.717) is 10.7 Å². The highest BCUT2D eigenvalue weighted by Gasteiger charge is 2.10. The fourth-order valence-corrected chi connectivity index (χ4v) is 2.19. The second kappa shape index (κ2) is 4.70. The van der Waals surface area contributed by atoms with Crippen molar-refractivity contribution in [3.8, 4) is 0 Å². The van der Waals surface area contributed by atoms with E-state index in [4.69, 9.17) is 23.2 Å². The summed E-state index contributed by atoms with van der Waals surface area (Å²) in [6, 6.07) is 4.53. The molecule has 1 aromatic carbocycles. The molecule has 0 aliphatic rings. The van der Waals surface area contributed by atoms with E-state index in [1.165, 1.54) is 12.1 Å². The van der Waals surface area contributed by atoms with E-state index < -0.39 is 10.0 Å². The van der Waals surface area contributed by atoms with Crippen LogP contribution in [0.2, 0.25) is 10.0 Å². The average molecular weight is 319 g/mol. The fourth-order valence-electron chi connectivity index (χ4n) is 0.767. The van der Waals surface area contributed by atoms with Crippen molar-refractivity contribution < 1.29 is 8.42 Å². The number of nitrogens with one attached hydrogen (secondary N) is 1. The van der Waals surface area contributed by atoms with Crippen molar-refractivity contribution in [3.63, 3.8) is 0 Å². The minimum Gasteiger partial charge on any atom is -0.281 e. The van der Waals surface area contributed by atoms with Crippen molar-refractivity contribution >= 4 is 54.8 Å². The van der Waals surface area contributed by atoms with Gasteiger partial charge in [0, 0.05) is 5.02 Å². The predicted octanol–water partition coefficient (Wildman–Crippen LogP) is 3.09. The van der Waals surface area contributed by atoms with Crippen molar-refractivity contribution in [2.24, 2.45) is 0 Å². The molecule has 7 heteroatoms. The zero-order valence-electron chi connectivity index (χ0n) is 6.80. The smallest absolute Gasteiger partial charge is 0.242 e. The number of anilines is 1. The monoisotopic (exact) mass is 317 g/mol. The highest BCUT2D eigenvalue weighted by molar-refractivity contribution is 9.10. The topological polar surface area (TPSA) is 46.2 Å². The van der Waals surface area contributed by atoms with E-state index in [1.807, 2.05) is 0 Å². The van der Waals surface area contributed by atoms with E-state index in [-0.39, 0.29) is 9.68 Å². The average Bonchev–Trinajstić information content (AvgIpc) is 2.10. The van der Waals surface area contributed by atoms with Gasteiger partial charge in [0.2, 0.25) is 10.0 Å². The van der Waals surface area contributed by atoms with Crippen molar-refractivity contribution in [3.05, 3.63) is 28.2 Å². The van der Waals surface area contributed by atoms with E-state index in [0.717, 1.165) is 0 Å². The first kappa shape index (κ1) is 12.1. The number of rotatable bonds is 3. The van der Waals surface area contributed by atoms with Crippen LogP contribution >= 0.6 is 39.1 Å². The van der Waals surface area contributed by atoms with Gasteiger partial charge in [-0.1, -0.05) is 39.1 Å². The number of alkyl halides is 1. The second-order valence-corrected chi connectivity index (χ2v) is 6.32. The third kappa shape index (κ3) is 3.31. The molecule has 0 saturated heterocycles. The Labute approximate surface area is 101 Å². The summed E-state index contributed by atoms with van der Waals surface area (Å²) in [6.07, 6.45) is 0. The number of hydrogen-bond donors (Lipinski definition) is 1. The van der Waals surface area contributed by atoms with Crippen LogP contribution in [-0.2, 0) is 10.0 Å². The summed E-state index contributed by atoms with van der Waals surface area (Å²) < 4.78 is 24.4. The Bertz CT molecular complexity index is 435. The lowest BCUT2D eigenvalue weighted by molar-refractivity contribution is 0.606. The molecule has 0 saturated carbocycles. The van der Waals surface area contributed by atoms with E-state index in [1.54, 1.807) is 6.07 Å². The first-order valence-corrected chi connectivity index (χ1v) is 6.99. The van der Waals surface area contributed by atoms with Gasteiger partial charge in [-0.3, -0.25) is 4.72 Å². The zero-order chi connectivity index (χ0) is 10.8. The molecule has 0 heterocycles. The normalized spacial score (nSPS) is 11.4. The van der Waals surface area contributed by atoms with Gasteiger partial charge >= 0.3 is 0 Å². The molecule has 14 heavy (non-hydrogen) atoms. The Morgan fingerprint density at radius 3 is 2.50 bits per heavy atom. The Morgan fingerprint density at radius 1 is 1.36 bits per heavy atom. The minimum atomic E-state index is -3.37. The van der Waals surface area contributed by atoms with Gasteiger partial charge in [0.1, 0.15) is 4.66 Å². The molecule has 1 aromatic rings. The van der Waals surface area contributed by atoms with Crippen LogP contribution in [-0.4, -0.2) is 13.1 Å². The fraction of sp³-hybridized carbons (Fsp3) is 0.143. The summed E-state index contributed by atoms with van der Waals surface area (Å²) in [7, 11) is -3.37. The van der Waals surface area contributed by atoms with Crippen LogP contribution in [0.5, 0.6) is 0 Å². The number of halogens is 3. The maximum Gasteiger partial charge on any atom is 0.242 e. The first-order chi connectivity index (χ1) is 6.44. The highest BCUT2D eigenvalue weighted by atomic mass is 79.9. The molecule has 1 rings (SSSR count). The molecule has 0 aliphatic carbocycles.